The monoisotopic (exact) mass is 779 g/mol. The first-order valence-electron chi connectivity index (χ1n) is 21.3. The number of rotatable bonds is 6. The van der Waals surface area contributed by atoms with Crippen LogP contribution in [0.3, 0.4) is 0 Å². The zero-order chi connectivity index (χ0) is 41.1. The van der Waals surface area contributed by atoms with Gasteiger partial charge in [0.05, 0.1) is 0 Å². The van der Waals surface area contributed by atoms with Crippen LogP contribution in [-0.4, -0.2) is 0 Å². The summed E-state index contributed by atoms with van der Waals surface area (Å²) in [5.74, 6) is 0. The van der Waals surface area contributed by atoms with E-state index in [4.69, 9.17) is 0 Å². The molecular weight excluding hydrogens is 735 g/mol. The van der Waals surface area contributed by atoms with Gasteiger partial charge in [-0.25, -0.2) is 0 Å². The van der Waals surface area contributed by atoms with Gasteiger partial charge in [0.25, 0.3) is 0 Å². The number of nitrogens with zero attached hydrogens (tertiary/aromatic N) is 1. The molecule has 11 aromatic carbocycles. The average molecular weight is 780 g/mol. The molecule has 0 aromatic heterocycles. The first-order valence-corrected chi connectivity index (χ1v) is 21.3. The van der Waals surface area contributed by atoms with E-state index >= 15 is 0 Å². The molecule has 0 heterocycles. The summed E-state index contributed by atoms with van der Waals surface area (Å²) in [6.45, 7) is 6.86. The van der Waals surface area contributed by atoms with Crippen molar-refractivity contribution in [1.82, 2.24) is 0 Å². The Morgan fingerprint density at radius 1 is 0.311 bits per heavy atom. The number of hydrogen-bond acceptors (Lipinski definition) is 1. The van der Waals surface area contributed by atoms with Gasteiger partial charge in [-0.15, -0.1) is 0 Å². The lowest BCUT2D eigenvalue weighted by Gasteiger charge is -2.27. The first-order chi connectivity index (χ1) is 29.9. The summed E-state index contributed by atoms with van der Waals surface area (Å²) < 4.78 is 0. The third-order valence-electron chi connectivity index (χ3n) is 12.5. The summed E-state index contributed by atoms with van der Waals surface area (Å²) in [5, 5.41) is 12.4. The Balaban J connectivity index is 1.26. The Morgan fingerprint density at radius 2 is 0.787 bits per heavy atom. The molecule has 11 aromatic rings. The Morgan fingerprint density at radius 3 is 1.39 bits per heavy atom. The van der Waals surface area contributed by atoms with E-state index in [-0.39, 0.29) is 5.41 Å². The second-order valence-corrected chi connectivity index (χ2v) is 17.3. The van der Waals surface area contributed by atoms with Crippen molar-refractivity contribution in [2.45, 2.75) is 26.2 Å². The highest BCUT2D eigenvalue weighted by Crippen LogP contribution is 2.50. The van der Waals surface area contributed by atoms with Crippen LogP contribution in [0.15, 0.2) is 218 Å². The maximum Gasteiger partial charge on any atom is 0.0468 e. The smallest absolute Gasteiger partial charge is 0.0468 e. The molecule has 0 bridgehead atoms. The minimum atomic E-state index is 0.0553. The van der Waals surface area contributed by atoms with Crippen molar-refractivity contribution in [1.29, 1.82) is 0 Å². The molecule has 0 spiro atoms. The molecule has 0 atom stereocenters. The van der Waals surface area contributed by atoms with Crippen molar-refractivity contribution in [2.75, 3.05) is 4.90 Å². The fraction of sp³-hybridized carbons (Fsp3) is 0.0667. The molecule has 0 aliphatic carbocycles. The molecule has 1 heteroatoms. The molecule has 0 saturated heterocycles. The Labute approximate surface area is 357 Å². The predicted octanol–water partition coefficient (Wildman–Crippen LogP) is 17.2. The van der Waals surface area contributed by atoms with Gasteiger partial charge in [0, 0.05) is 17.1 Å². The molecule has 0 saturated carbocycles. The largest absolute Gasteiger partial charge is 0.310 e. The van der Waals surface area contributed by atoms with Gasteiger partial charge in [-0.1, -0.05) is 197 Å². The highest BCUT2D eigenvalue weighted by Gasteiger charge is 2.23. The van der Waals surface area contributed by atoms with Crippen LogP contribution in [0.25, 0.3) is 87.2 Å². The molecule has 0 amide bonds. The van der Waals surface area contributed by atoms with Crippen LogP contribution in [0.4, 0.5) is 17.1 Å². The molecule has 0 fully saturated rings. The molecule has 290 valence electrons. The quantitative estimate of drug-likeness (QED) is 0.152. The van der Waals surface area contributed by atoms with Gasteiger partial charge in [-0.3, -0.25) is 0 Å². The summed E-state index contributed by atoms with van der Waals surface area (Å²) in [7, 11) is 0. The van der Waals surface area contributed by atoms with Crippen LogP contribution in [0.1, 0.15) is 26.3 Å². The van der Waals surface area contributed by atoms with E-state index in [9.17, 15) is 0 Å². The number of hydrogen-bond donors (Lipinski definition) is 0. The second-order valence-electron chi connectivity index (χ2n) is 17.3. The fourth-order valence-corrected chi connectivity index (χ4v) is 9.49. The van der Waals surface area contributed by atoms with Gasteiger partial charge >= 0.3 is 0 Å². The van der Waals surface area contributed by atoms with Gasteiger partial charge in [-0.2, -0.15) is 0 Å². The first kappa shape index (κ1) is 36.6. The van der Waals surface area contributed by atoms with Gasteiger partial charge in [0.15, 0.2) is 0 Å². The lowest BCUT2D eigenvalue weighted by Crippen LogP contribution is -2.10. The van der Waals surface area contributed by atoms with Crippen LogP contribution >= 0.6 is 0 Å². The Kier molecular flexibility index (Phi) is 8.79. The molecule has 0 aliphatic rings. The highest BCUT2D eigenvalue weighted by molar-refractivity contribution is 6.33. The Bertz CT molecular complexity index is 3350. The summed E-state index contributed by atoms with van der Waals surface area (Å²) in [6, 6.07) is 80.8. The van der Waals surface area contributed by atoms with Crippen LogP contribution in [0.5, 0.6) is 0 Å². The van der Waals surface area contributed by atoms with E-state index in [1.165, 1.54) is 92.8 Å². The molecule has 0 radical (unpaired) electrons. The van der Waals surface area contributed by atoms with E-state index in [1.807, 2.05) is 0 Å². The molecule has 11 rings (SSSR count). The highest BCUT2D eigenvalue weighted by atomic mass is 15.1. The fourth-order valence-electron chi connectivity index (χ4n) is 9.49. The van der Waals surface area contributed by atoms with Crippen LogP contribution in [-0.2, 0) is 5.41 Å². The molecular formula is C60H45N. The van der Waals surface area contributed by atoms with Gasteiger partial charge in [-0.05, 0) is 141 Å². The number of benzene rings is 11. The number of anilines is 3. The van der Waals surface area contributed by atoms with Crippen molar-refractivity contribution in [2.24, 2.45) is 0 Å². The summed E-state index contributed by atoms with van der Waals surface area (Å²) in [6.07, 6.45) is 0. The summed E-state index contributed by atoms with van der Waals surface area (Å²) in [5.41, 5.74) is 12.1. The van der Waals surface area contributed by atoms with E-state index in [0.717, 1.165) is 17.1 Å². The third kappa shape index (κ3) is 6.42. The van der Waals surface area contributed by atoms with Gasteiger partial charge < -0.3 is 4.90 Å². The lowest BCUT2D eigenvalue weighted by atomic mass is 9.80. The summed E-state index contributed by atoms with van der Waals surface area (Å²) >= 11 is 0. The maximum absolute atomic E-state index is 2.46. The SMILES string of the molecule is CC(C)(C)c1ccc(-c2cc(-c3ccccc3)c3c4ccccc4c4cc(N(c5ccc6ccccc6c5)c5ccc6ccccc6c5)ccc4c3c2-c2ccccc2)cc1. The van der Waals surface area contributed by atoms with Gasteiger partial charge in [0.2, 0.25) is 0 Å². The van der Waals surface area contributed by atoms with Crippen molar-refractivity contribution in [3.8, 4) is 33.4 Å². The van der Waals surface area contributed by atoms with E-state index < -0.39 is 0 Å². The molecule has 0 aliphatic heterocycles. The zero-order valence-corrected chi connectivity index (χ0v) is 34.7. The van der Waals surface area contributed by atoms with Crippen LogP contribution < -0.4 is 4.90 Å². The van der Waals surface area contributed by atoms with Crippen LogP contribution in [0, 0.1) is 0 Å². The van der Waals surface area contributed by atoms with Gasteiger partial charge in [0.1, 0.15) is 0 Å². The normalized spacial score (nSPS) is 11.9. The second kappa shape index (κ2) is 14.7. The Hall–Kier alpha value is -7.48. The molecule has 61 heavy (non-hydrogen) atoms. The van der Waals surface area contributed by atoms with Crippen LogP contribution in [0.2, 0.25) is 0 Å². The average Bonchev–Trinajstić information content (AvgIpc) is 3.31. The third-order valence-corrected chi connectivity index (χ3v) is 12.5. The van der Waals surface area contributed by atoms with E-state index in [0.29, 0.717) is 0 Å². The predicted molar refractivity (Wildman–Crippen MR) is 264 cm³/mol. The standard InChI is InChI=1S/C60H45N/c1-60(2,3)47-30-26-43(27-31-47)54-39-55(42-18-6-4-7-19-42)58-52-25-15-14-24-51(52)56-38-50(34-35-53(56)59(58)57(54)44-20-8-5-9-21-44)61(48-32-28-40-16-10-12-22-45(40)36-48)49-33-29-41-17-11-13-23-46(41)37-49/h4-39H,1-3H3. The van der Waals surface area contributed by atoms with Crippen molar-refractivity contribution in [3.05, 3.63) is 224 Å². The van der Waals surface area contributed by atoms with Crippen molar-refractivity contribution in [3.63, 3.8) is 0 Å². The lowest BCUT2D eigenvalue weighted by molar-refractivity contribution is 0.590. The maximum atomic E-state index is 2.46. The minimum absolute atomic E-state index is 0.0553. The van der Waals surface area contributed by atoms with E-state index in [2.05, 4.69) is 244 Å². The van der Waals surface area contributed by atoms with Crippen molar-refractivity contribution < 1.29 is 0 Å². The summed E-state index contributed by atoms with van der Waals surface area (Å²) in [4.78, 5) is 2.43. The zero-order valence-electron chi connectivity index (χ0n) is 34.7. The van der Waals surface area contributed by atoms with Crippen molar-refractivity contribution >= 4 is 70.9 Å². The van der Waals surface area contributed by atoms with E-state index in [1.54, 1.807) is 0 Å². The minimum Gasteiger partial charge on any atom is -0.310 e. The topological polar surface area (TPSA) is 3.24 Å². The molecule has 1 nitrogen and oxygen atoms in total. The molecule has 0 unspecified atom stereocenters. The number of fused-ring (bicyclic) bond motifs is 8. The molecule has 0 N–H and O–H groups in total.